The lowest BCUT2D eigenvalue weighted by Crippen LogP contribution is -2.63. The fourth-order valence-electron chi connectivity index (χ4n) is 8.95. The lowest BCUT2D eigenvalue weighted by Gasteiger charge is -2.30. The van der Waals surface area contributed by atoms with Gasteiger partial charge >= 0.3 is 5.97 Å². The van der Waals surface area contributed by atoms with Crippen LogP contribution in [-0.4, -0.2) is 193 Å². The van der Waals surface area contributed by atoms with E-state index in [1.54, 1.807) is 44.3 Å². The number of aliphatic carboxylic acids is 1. The minimum atomic E-state index is -1.93. The third kappa shape index (κ3) is 23.6. The number of H-pyrrole nitrogens is 1. The van der Waals surface area contributed by atoms with Gasteiger partial charge in [-0.1, -0.05) is 64.4 Å². The lowest BCUT2D eigenvalue weighted by molar-refractivity contribution is -0.142. The zero-order chi connectivity index (χ0) is 67.0. The quantitative estimate of drug-likeness (QED) is 0.0147. The number of phenolic OH excluding ortho intramolecular Hbond substituents is 1. The highest BCUT2D eigenvalue weighted by Gasteiger charge is 2.39. The number of primary amides is 1. The highest BCUT2D eigenvalue weighted by Crippen LogP contribution is 2.20. The summed E-state index contributed by atoms with van der Waals surface area (Å²) in [5.74, 6) is -14.6. The zero-order valence-electron chi connectivity index (χ0n) is 50.8. The third-order valence-electron chi connectivity index (χ3n) is 14.1. The third-order valence-corrected chi connectivity index (χ3v) is 14.1. The Kier molecular flexibility index (Phi) is 29.4. The first-order valence-electron chi connectivity index (χ1n) is 28.6. The zero-order valence-corrected chi connectivity index (χ0v) is 50.8. The van der Waals surface area contributed by atoms with Crippen LogP contribution in [0.1, 0.15) is 92.2 Å². The molecule has 11 amide bonds. The molecule has 0 saturated carbocycles. The highest BCUT2D eigenvalue weighted by molar-refractivity contribution is 6.00. The van der Waals surface area contributed by atoms with Crippen LogP contribution in [0.4, 0.5) is 0 Å². The van der Waals surface area contributed by atoms with E-state index in [2.05, 4.69) is 63.1 Å². The molecule has 89 heavy (non-hydrogen) atoms. The summed E-state index contributed by atoms with van der Waals surface area (Å²) in [6.07, 6.45) is -3.02. The molecule has 0 saturated heterocycles. The number of aromatic amines is 1. The number of para-hydroxylation sites is 1. The number of amides is 11. The maximum atomic E-state index is 14.4. The molecule has 3 rings (SSSR count). The Morgan fingerprint density at radius 3 is 1.61 bits per heavy atom. The van der Waals surface area contributed by atoms with E-state index in [4.69, 9.17) is 17.2 Å². The standard InChI is InChI=1S/C57H85N15O17/c1-9-27(4)44(70-51(84)39(66-53(86)41(25-73)64-31(8)76)22-33-24-62-36-14-11-10-13-35(33)36)55(88)68-40(23-42(78)79)52(85)69-43(26(2)3)54(87)67-38(21-32-16-18-34(77)19-17-32)50(83)72-46(30(7)75)56(89)65-37(15-12-20-61-57(59)60)49(82)63-28(5)48(81)71-45(29(6)74)47(58)80/h10-11,13-14,16-19,24,26-30,37-41,43-46,62,73-75,77H,9,12,15,20-23,25H2,1-8H3,(H2,58,80)(H,63,82)(H,64,76)(H,65,89)(H,66,86)(H,67,87)(H,68,88)(H,69,85)(H,70,84)(H,71,81)(H,72,83)(H,78,79)(H4,59,60,61)/t27-,28-,29+,30+,37-,38-,39-,40-,41-,43-,44-,45-,46-/m0/s1. The number of aliphatic imine (C=N–C) groups is 1. The van der Waals surface area contributed by atoms with Gasteiger partial charge in [-0.05, 0) is 74.8 Å². The number of hydrogen-bond acceptors (Lipinski definition) is 17. The molecule has 0 bridgehead atoms. The Labute approximate surface area is 512 Å². The second kappa shape index (κ2) is 35.4. The molecule has 0 unspecified atom stereocenters. The van der Waals surface area contributed by atoms with Gasteiger partial charge in [0.05, 0.1) is 25.2 Å². The van der Waals surface area contributed by atoms with E-state index in [9.17, 15) is 83.1 Å². The van der Waals surface area contributed by atoms with E-state index in [0.29, 0.717) is 22.0 Å². The molecular formula is C57H85N15O17. The number of fused-ring (bicyclic) bond motifs is 1. The van der Waals surface area contributed by atoms with Crippen LogP contribution in [0.25, 0.3) is 10.9 Å². The van der Waals surface area contributed by atoms with Gasteiger partial charge in [-0.25, -0.2) is 0 Å². The number of benzene rings is 2. The number of nitrogens with one attached hydrogen (secondary N) is 11. The molecule has 0 aliphatic carbocycles. The first kappa shape index (κ1) is 73.8. The normalized spacial score (nSPS) is 15.6. The maximum absolute atomic E-state index is 14.4. The predicted molar refractivity (Wildman–Crippen MR) is 321 cm³/mol. The number of carbonyl (C=O) groups is 12. The predicted octanol–water partition coefficient (Wildman–Crippen LogP) is -4.98. The number of carboxylic acid groups (broad SMARTS) is 1. The number of aliphatic hydroxyl groups excluding tert-OH is 3. The van der Waals surface area contributed by atoms with Crippen molar-refractivity contribution in [2.45, 2.75) is 167 Å². The van der Waals surface area contributed by atoms with Gasteiger partial charge in [-0.3, -0.25) is 62.5 Å². The van der Waals surface area contributed by atoms with E-state index in [-0.39, 0.29) is 50.4 Å². The van der Waals surface area contributed by atoms with E-state index in [0.717, 1.165) is 13.8 Å². The number of hydrogen-bond donors (Lipinski definition) is 19. The van der Waals surface area contributed by atoms with Gasteiger partial charge in [-0.15, -0.1) is 0 Å². The first-order chi connectivity index (χ1) is 41.8. The fraction of sp³-hybridized carbons (Fsp3) is 0.526. The minimum Gasteiger partial charge on any atom is -0.508 e. The summed E-state index contributed by atoms with van der Waals surface area (Å²) in [5.41, 5.74) is 17.7. The van der Waals surface area contributed by atoms with Crippen LogP contribution in [0.3, 0.4) is 0 Å². The van der Waals surface area contributed by atoms with Crippen molar-refractivity contribution in [1.82, 2.24) is 58.2 Å². The Morgan fingerprint density at radius 1 is 0.562 bits per heavy atom. The summed E-state index contributed by atoms with van der Waals surface area (Å²) in [6.45, 7) is 10.0. The second-order valence-corrected chi connectivity index (χ2v) is 21.8. The Balaban J connectivity index is 1.94. The number of carboxylic acids is 1. The molecule has 0 spiro atoms. The van der Waals surface area contributed by atoms with Crippen LogP contribution in [-0.2, 0) is 70.4 Å². The molecule has 1 heterocycles. The average Bonchev–Trinajstić information content (AvgIpc) is 4.01. The molecule has 32 nitrogen and oxygen atoms in total. The number of nitrogens with zero attached hydrogens (tertiary/aromatic N) is 1. The Hall–Kier alpha value is -9.43. The molecular weight excluding hydrogens is 1170 g/mol. The van der Waals surface area contributed by atoms with Crippen molar-refractivity contribution in [3.05, 3.63) is 65.9 Å². The first-order valence-corrected chi connectivity index (χ1v) is 28.6. The van der Waals surface area contributed by atoms with Gasteiger partial charge in [-0.2, -0.15) is 0 Å². The number of aromatic nitrogens is 1. The van der Waals surface area contributed by atoms with E-state index >= 15 is 0 Å². The number of aliphatic hydroxyl groups is 3. The fourth-order valence-corrected chi connectivity index (χ4v) is 8.95. The molecule has 22 N–H and O–H groups in total. The van der Waals surface area contributed by atoms with Crippen LogP contribution in [0.2, 0.25) is 0 Å². The topological polar surface area (TPSA) is 532 Å². The summed E-state index contributed by atoms with van der Waals surface area (Å²) in [4.78, 5) is 169. The molecule has 13 atom stereocenters. The van der Waals surface area contributed by atoms with E-state index in [1.807, 2.05) is 0 Å². The van der Waals surface area contributed by atoms with Crippen LogP contribution in [0.15, 0.2) is 59.7 Å². The summed E-state index contributed by atoms with van der Waals surface area (Å²) in [7, 11) is 0. The number of nitrogens with two attached hydrogens (primary N) is 3. The van der Waals surface area contributed by atoms with Crippen LogP contribution < -0.4 is 70.4 Å². The molecule has 0 fully saturated rings. The summed E-state index contributed by atoms with van der Waals surface area (Å²) in [5, 5.41) is 75.7. The molecule has 3 aromatic rings. The van der Waals surface area contributed by atoms with Crippen molar-refractivity contribution in [3.63, 3.8) is 0 Å². The molecule has 0 aliphatic heterocycles. The summed E-state index contributed by atoms with van der Waals surface area (Å²) in [6, 6.07) is -3.48. The van der Waals surface area contributed by atoms with Crippen molar-refractivity contribution in [3.8, 4) is 5.75 Å². The van der Waals surface area contributed by atoms with Gasteiger partial charge < -0.3 is 101 Å². The summed E-state index contributed by atoms with van der Waals surface area (Å²) < 4.78 is 0. The SMILES string of the molecule is CC[C@H](C)[C@H](NC(=O)[C@H](Cc1c[nH]c2ccccc12)NC(=O)[C@H](CO)NC(C)=O)C(=O)N[C@@H](CC(=O)O)C(=O)N[C@H](C(=O)N[C@@H](Cc1ccc(O)cc1)C(=O)N[C@H](C(=O)N[C@@H](CCCN=C(N)N)C(=O)N[C@@H](C)C(=O)N[C@H](C(N)=O)[C@@H](C)O)[C@@H](C)O)C(C)C. The Bertz CT molecular complexity index is 3000. The smallest absolute Gasteiger partial charge is 0.305 e. The van der Waals surface area contributed by atoms with Gasteiger partial charge in [0.2, 0.25) is 65.0 Å². The molecule has 1 aromatic heterocycles. The molecule has 2 aromatic carbocycles. The van der Waals surface area contributed by atoms with Crippen molar-refractivity contribution < 1.29 is 83.1 Å². The number of rotatable bonds is 36. The number of guanidine groups is 1. The highest BCUT2D eigenvalue weighted by atomic mass is 16.4. The van der Waals surface area contributed by atoms with Crippen LogP contribution >= 0.6 is 0 Å². The second-order valence-electron chi connectivity index (χ2n) is 21.8. The van der Waals surface area contributed by atoms with Crippen LogP contribution in [0, 0.1) is 11.8 Å². The van der Waals surface area contributed by atoms with Gasteiger partial charge in [0.25, 0.3) is 0 Å². The molecule has 0 radical (unpaired) electrons. The van der Waals surface area contributed by atoms with Crippen molar-refractivity contribution in [2.24, 2.45) is 34.0 Å². The van der Waals surface area contributed by atoms with E-state index in [1.165, 1.54) is 52.0 Å². The van der Waals surface area contributed by atoms with Crippen molar-refractivity contribution >= 4 is 87.8 Å². The number of aromatic hydroxyl groups is 1. The lowest BCUT2D eigenvalue weighted by atomic mass is 9.96. The molecule has 32 heteroatoms. The summed E-state index contributed by atoms with van der Waals surface area (Å²) >= 11 is 0. The average molecular weight is 1250 g/mol. The molecule has 490 valence electrons. The monoisotopic (exact) mass is 1250 g/mol. The Morgan fingerprint density at radius 2 is 1.06 bits per heavy atom. The molecule has 0 aliphatic rings. The van der Waals surface area contributed by atoms with Crippen molar-refractivity contribution in [1.29, 1.82) is 0 Å². The largest absolute Gasteiger partial charge is 0.508 e. The van der Waals surface area contributed by atoms with Crippen LogP contribution in [0.5, 0.6) is 5.75 Å². The van der Waals surface area contributed by atoms with Gasteiger partial charge in [0.15, 0.2) is 5.96 Å². The minimum absolute atomic E-state index is 0.0387. The maximum Gasteiger partial charge on any atom is 0.305 e. The van der Waals surface area contributed by atoms with E-state index < -0.39 is 168 Å². The van der Waals surface area contributed by atoms with Crippen molar-refractivity contribution in [2.75, 3.05) is 13.2 Å². The van der Waals surface area contributed by atoms with Gasteiger partial charge in [0, 0.05) is 43.4 Å². The number of carbonyl (C=O) groups excluding carboxylic acids is 11. The van der Waals surface area contributed by atoms with Gasteiger partial charge in [0.1, 0.15) is 66.2 Å². The number of phenols is 1.